The summed E-state index contributed by atoms with van der Waals surface area (Å²) in [5.41, 5.74) is 0.949. The second-order valence-corrected chi connectivity index (χ2v) is 9.67. The van der Waals surface area contributed by atoms with Crippen LogP contribution in [0.4, 0.5) is 0 Å². The summed E-state index contributed by atoms with van der Waals surface area (Å²) in [6.45, 7) is 1.39. The maximum atomic E-state index is 11.3. The van der Waals surface area contributed by atoms with Crippen LogP contribution >= 0.6 is 11.8 Å². The number of aliphatic imine (C=N–C) groups is 1. The SMILES string of the molecule is CN=C(NCc1ccc(S(N)(=O)=O)cc1)NCC1(Sc2ccccc2)CC1. The summed E-state index contributed by atoms with van der Waals surface area (Å²) in [5, 5.41) is 11.8. The Morgan fingerprint density at radius 2 is 1.78 bits per heavy atom. The summed E-state index contributed by atoms with van der Waals surface area (Å²) in [6.07, 6.45) is 2.37. The molecule has 1 aliphatic rings. The third-order valence-corrected chi connectivity index (χ3v) is 6.82. The van der Waals surface area contributed by atoms with Crippen LogP contribution in [0.2, 0.25) is 0 Å². The van der Waals surface area contributed by atoms with Crippen molar-refractivity contribution in [1.82, 2.24) is 10.6 Å². The summed E-state index contributed by atoms with van der Waals surface area (Å²) in [6, 6.07) is 17.0. The zero-order chi connectivity index (χ0) is 19.3. The van der Waals surface area contributed by atoms with Gasteiger partial charge in [-0.3, -0.25) is 4.99 Å². The molecule has 0 amide bonds. The summed E-state index contributed by atoms with van der Waals surface area (Å²) in [4.78, 5) is 5.67. The number of rotatable bonds is 7. The van der Waals surface area contributed by atoms with Crippen molar-refractivity contribution in [2.45, 2.75) is 33.9 Å². The van der Waals surface area contributed by atoms with Gasteiger partial charge in [0.05, 0.1) is 4.90 Å². The maximum Gasteiger partial charge on any atom is 0.238 e. The van der Waals surface area contributed by atoms with E-state index >= 15 is 0 Å². The number of guanidine groups is 1. The van der Waals surface area contributed by atoms with E-state index in [4.69, 9.17) is 5.14 Å². The second kappa shape index (κ2) is 8.33. The Hall–Kier alpha value is -2.03. The lowest BCUT2D eigenvalue weighted by Gasteiger charge is -2.18. The standard InChI is InChI=1S/C19H24N4O2S2/c1-21-18(22-13-15-7-9-17(10-8-15)27(20,24)25)23-14-19(11-12-19)26-16-5-3-2-4-6-16/h2-10H,11-14H2,1H3,(H2,20,24,25)(H2,21,22,23). The number of thioether (sulfide) groups is 1. The fourth-order valence-corrected chi connectivity index (χ4v) is 4.40. The molecular weight excluding hydrogens is 380 g/mol. The fourth-order valence-electron chi connectivity index (χ4n) is 2.64. The zero-order valence-corrected chi connectivity index (χ0v) is 16.8. The lowest BCUT2D eigenvalue weighted by molar-refractivity contribution is 0.597. The largest absolute Gasteiger partial charge is 0.355 e. The van der Waals surface area contributed by atoms with E-state index in [0.29, 0.717) is 6.54 Å². The van der Waals surface area contributed by atoms with Crippen molar-refractivity contribution in [3.63, 3.8) is 0 Å². The molecule has 144 valence electrons. The Morgan fingerprint density at radius 1 is 1.11 bits per heavy atom. The van der Waals surface area contributed by atoms with Gasteiger partial charge in [0.1, 0.15) is 0 Å². The van der Waals surface area contributed by atoms with Crippen LogP contribution in [-0.4, -0.2) is 32.7 Å². The minimum atomic E-state index is -3.66. The lowest BCUT2D eigenvalue weighted by atomic mass is 10.2. The lowest BCUT2D eigenvalue weighted by Crippen LogP contribution is -2.40. The first-order chi connectivity index (χ1) is 12.9. The molecule has 0 aromatic heterocycles. The van der Waals surface area contributed by atoms with E-state index < -0.39 is 10.0 Å². The maximum absolute atomic E-state index is 11.3. The van der Waals surface area contributed by atoms with E-state index in [9.17, 15) is 8.42 Å². The fraction of sp³-hybridized carbons (Fsp3) is 0.316. The third kappa shape index (κ3) is 5.72. The molecule has 4 N–H and O–H groups in total. The van der Waals surface area contributed by atoms with Gasteiger partial charge in [0.15, 0.2) is 5.96 Å². The summed E-state index contributed by atoms with van der Waals surface area (Å²) in [7, 11) is -1.92. The molecule has 0 aliphatic heterocycles. The average Bonchev–Trinajstić information content (AvgIpc) is 3.42. The van der Waals surface area contributed by atoms with Gasteiger partial charge in [-0.2, -0.15) is 0 Å². The molecule has 0 heterocycles. The first-order valence-electron chi connectivity index (χ1n) is 8.71. The second-order valence-electron chi connectivity index (χ2n) is 6.57. The molecule has 1 saturated carbocycles. The molecular formula is C19H24N4O2S2. The van der Waals surface area contributed by atoms with Crippen LogP contribution in [0.5, 0.6) is 0 Å². The van der Waals surface area contributed by atoms with Gasteiger partial charge >= 0.3 is 0 Å². The van der Waals surface area contributed by atoms with Crippen molar-refractivity contribution < 1.29 is 8.42 Å². The van der Waals surface area contributed by atoms with Crippen LogP contribution in [0.15, 0.2) is 69.4 Å². The van der Waals surface area contributed by atoms with E-state index in [2.05, 4.69) is 39.9 Å². The molecule has 6 nitrogen and oxygen atoms in total. The Kier molecular flexibility index (Phi) is 6.08. The smallest absolute Gasteiger partial charge is 0.238 e. The Bertz CT molecular complexity index is 893. The third-order valence-electron chi connectivity index (χ3n) is 4.40. The monoisotopic (exact) mass is 404 g/mol. The van der Waals surface area contributed by atoms with Gasteiger partial charge < -0.3 is 10.6 Å². The molecule has 27 heavy (non-hydrogen) atoms. The number of nitrogens with two attached hydrogens (primary N) is 1. The Morgan fingerprint density at radius 3 is 2.33 bits per heavy atom. The number of benzene rings is 2. The first kappa shape index (κ1) is 19.7. The topological polar surface area (TPSA) is 96.6 Å². The van der Waals surface area contributed by atoms with Crippen LogP contribution in [-0.2, 0) is 16.6 Å². The van der Waals surface area contributed by atoms with Crippen molar-refractivity contribution in [2.75, 3.05) is 13.6 Å². The highest BCUT2D eigenvalue weighted by molar-refractivity contribution is 8.01. The highest BCUT2D eigenvalue weighted by atomic mass is 32.2. The van der Waals surface area contributed by atoms with Gasteiger partial charge in [-0.25, -0.2) is 13.6 Å². The molecule has 3 rings (SSSR count). The minimum Gasteiger partial charge on any atom is -0.355 e. The first-order valence-corrected chi connectivity index (χ1v) is 11.1. The molecule has 1 fully saturated rings. The zero-order valence-electron chi connectivity index (χ0n) is 15.2. The van der Waals surface area contributed by atoms with E-state index in [1.165, 1.54) is 29.9 Å². The average molecular weight is 405 g/mol. The summed E-state index contributed by atoms with van der Waals surface area (Å²) >= 11 is 1.91. The molecule has 2 aromatic rings. The van der Waals surface area contributed by atoms with Crippen LogP contribution in [0.3, 0.4) is 0 Å². The molecule has 0 radical (unpaired) electrons. The molecule has 0 saturated heterocycles. The summed E-state index contributed by atoms with van der Waals surface area (Å²) < 4.78 is 22.8. The normalized spacial score (nSPS) is 16.0. The quantitative estimate of drug-likeness (QED) is 0.486. The van der Waals surface area contributed by atoms with Crippen LogP contribution in [0, 0.1) is 0 Å². The van der Waals surface area contributed by atoms with Crippen LogP contribution in [0.25, 0.3) is 0 Å². The minimum absolute atomic E-state index is 0.113. The number of nitrogens with one attached hydrogen (secondary N) is 2. The van der Waals surface area contributed by atoms with Crippen LogP contribution in [0.1, 0.15) is 18.4 Å². The number of primary sulfonamides is 1. The van der Waals surface area contributed by atoms with Crippen molar-refractivity contribution in [3.05, 3.63) is 60.2 Å². The van der Waals surface area contributed by atoms with Gasteiger partial charge in [0.2, 0.25) is 10.0 Å². The van der Waals surface area contributed by atoms with Gasteiger partial charge in [-0.1, -0.05) is 30.3 Å². The highest BCUT2D eigenvalue weighted by Crippen LogP contribution is 2.51. The van der Waals surface area contributed by atoms with Gasteiger partial charge in [0, 0.05) is 29.8 Å². The van der Waals surface area contributed by atoms with Crippen molar-refractivity contribution in [3.8, 4) is 0 Å². The molecule has 0 unspecified atom stereocenters. The van der Waals surface area contributed by atoms with Gasteiger partial charge in [0.25, 0.3) is 0 Å². The Labute approximate surface area is 164 Å². The van der Waals surface area contributed by atoms with E-state index in [-0.39, 0.29) is 9.64 Å². The molecule has 0 bridgehead atoms. The van der Waals surface area contributed by atoms with Crippen molar-refractivity contribution in [1.29, 1.82) is 0 Å². The summed E-state index contributed by atoms with van der Waals surface area (Å²) in [5.74, 6) is 0.727. The number of hydrogen-bond acceptors (Lipinski definition) is 4. The molecule has 0 atom stereocenters. The predicted molar refractivity (Wildman–Crippen MR) is 110 cm³/mol. The number of nitrogens with zero attached hydrogens (tertiary/aromatic N) is 1. The Balaban J connectivity index is 1.50. The van der Waals surface area contributed by atoms with Gasteiger partial charge in [-0.15, -0.1) is 11.8 Å². The predicted octanol–water partition coefficient (Wildman–Crippen LogP) is 2.32. The van der Waals surface area contributed by atoms with E-state index in [1.54, 1.807) is 19.2 Å². The highest BCUT2D eigenvalue weighted by Gasteiger charge is 2.43. The molecule has 0 spiro atoms. The van der Waals surface area contributed by atoms with Gasteiger partial charge in [-0.05, 0) is 42.7 Å². The van der Waals surface area contributed by atoms with Crippen molar-refractivity contribution in [2.24, 2.45) is 10.1 Å². The number of hydrogen-bond donors (Lipinski definition) is 3. The molecule has 1 aliphatic carbocycles. The van der Waals surface area contributed by atoms with Crippen molar-refractivity contribution >= 4 is 27.7 Å². The van der Waals surface area contributed by atoms with E-state index in [0.717, 1.165) is 18.1 Å². The molecule has 2 aromatic carbocycles. The van der Waals surface area contributed by atoms with Crippen LogP contribution < -0.4 is 15.8 Å². The van der Waals surface area contributed by atoms with E-state index in [1.807, 2.05) is 17.8 Å². The number of sulfonamides is 1. The molecule has 8 heteroatoms.